The maximum Gasteiger partial charge on any atom is 0.340 e. The van der Waals surface area contributed by atoms with Crippen LogP contribution >= 0.6 is 161 Å². The van der Waals surface area contributed by atoms with Crippen LogP contribution in [0.25, 0.3) is 0 Å². The number of hydrogen-bond donors (Lipinski definition) is 6. The molecule has 1 aliphatic rings. The molecular weight excluding hydrogens is 2080 g/mol. The van der Waals surface area contributed by atoms with Gasteiger partial charge in [0.15, 0.2) is 35.6 Å². The first-order valence-corrected chi connectivity index (χ1v) is 40.4. The van der Waals surface area contributed by atoms with Crippen LogP contribution in [0.1, 0.15) is 127 Å². The monoisotopic (exact) mass is 2120 g/mol. The van der Waals surface area contributed by atoms with Crippen molar-refractivity contribution in [3.63, 3.8) is 0 Å². The number of esters is 1. The van der Waals surface area contributed by atoms with E-state index in [1.54, 1.807) is 60.7 Å². The standard InChI is InChI=1S/C20H12BrCl2FN2O2.C14H9BrClFN2O2.C14H7BrClFO3.C14H7BrClFO2.C8H7ClFNO.C8H6ClFO2.C7H5BrO2/c21-11-1-5-16-15(7-11)19(27)26(10-14-4-2-13(23)9-25-14)20(16,28)17-6-3-12(22)8-18(17)24;15-9-1-4-13(20)8(5-9)7-18-19-14(21)11-3-2-10(16)6-12(11)17;15-7-1-3-9(11(5-7)14(19)20)13(18)10-4-2-8(16)6-12(10)17;15-9-1-3-11(8(5-9)7-18)14(19)12-4-2-10(16)6-13(12)17;9-5-1-2-6(7(10)3-5)8(12)4-11;1-12-8(11)6-3-2-5(9)4-7(6)10;8-6-1-2-7(10)5(3-6)4-9/h1-9,28H,10H2;1-7,20H,(H,19,21);1-6H,(H,19,20);1-7H;1-3H,4,11H2;2-4H,1H3;1-4,10H/b;18-7+;;;;;. The Morgan fingerprint density at radius 3 is 1.30 bits per heavy atom. The lowest BCUT2D eigenvalue weighted by Crippen LogP contribution is -2.45. The normalized spacial score (nSPS) is 12.1. The fraction of sp³-hybridized carbons (Fsp3) is 0.0471. The number of nitrogens with zero attached hydrogens (tertiary/aromatic N) is 3. The SMILES string of the molecule is COC(=O)c1ccc(Cl)cc1F.NCC(=O)c1ccc(Cl)cc1F.O=C(N/N=C/c1cc(Br)ccc1O)c1ccc(Cl)cc1F.O=C(O)c1cc(Br)ccc1C(=O)c1ccc(Cl)cc1F.O=C1c2cc(Br)ccc2C(O)(c2ccc(Cl)cc2F)N1Cc1ccc(Cl)cn1.O=Cc1cc(Br)ccc1C(=O)c1ccc(Cl)cc1F.O=Cc1cc(Br)ccc1O. The number of ketones is 3. The van der Waals surface area contributed by atoms with Crippen molar-refractivity contribution >= 4 is 221 Å². The molecule has 1 aliphatic heterocycles. The quantitative estimate of drug-likeness (QED) is 0.0131. The summed E-state index contributed by atoms with van der Waals surface area (Å²) in [4.78, 5) is 109. The number of rotatable bonds is 16. The highest BCUT2D eigenvalue weighted by Crippen LogP contribution is 2.45. The molecule has 0 aliphatic carbocycles. The summed E-state index contributed by atoms with van der Waals surface area (Å²) in [5.41, 5.74) is 6.37. The number of carboxylic acids is 1. The second-order valence-electron chi connectivity index (χ2n) is 24.3. The topological polar surface area (TPSA) is 310 Å². The lowest BCUT2D eigenvalue weighted by molar-refractivity contribution is -0.0570. The molecule has 0 spiro atoms. The molecule has 0 bridgehead atoms. The Morgan fingerprint density at radius 1 is 0.467 bits per heavy atom. The molecule has 12 aromatic rings. The zero-order chi connectivity index (χ0) is 90.1. The van der Waals surface area contributed by atoms with Crippen LogP contribution in [0.3, 0.4) is 0 Å². The van der Waals surface area contributed by atoms with Gasteiger partial charge in [0.05, 0.1) is 76.1 Å². The number of carbonyl (C=O) groups excluding carboxylic acids is 8. The number of fused-ring (bicyclic) bond motifs is 1. The van der Waals surface area contributed by atoms with Gasteiger partial charge in [0.1, 0.15) is 46.4 Å². The van der Waals surface area contributed by atoms with Gasteiger partial charge in [-0.2, -0.15) is 5.10 Å². The molecule has 37 heteroatoms. The van der Waals surface area contributed by atoms with Gasteiger partial charge >= 0.3 is 11.9 Å². The van der Waals surface area contributed by atoms with Crippen molar-refractivity contribution in [3.05, 3.63) is 395 Å². The number of carbonyl (C=O) groups is 9. The van der Waals surface area contributed by atoms with Crippen LogP contribution in [0.4, 0.5) is 26.3 Å². The molecule has 1 atom stereocenters. The summed E-state index contributed by atoms with van der Waals surface area (Å²) < 4.78 is 89.3. The fourth-order valence-corrected chi connectivity index (χ4v) is 13.4. The van der Waals surface area contributed by atoms with E-state index in [1.807, 2.05) is 0 Å². The number of aromatic carboxylic acids is 1. The first kappa shape index (κ1) is 99.1. The fourth-order valence-electron chi connectivity index (χ4n) is 10.4. The number of carboxylic acid groups (broad SMARTS) is 1. The van der Waals surface area contributed by atoms with E-state index in [0.29, 0.717) is 47.8 Å². The first-order chi connectivity index (χ1) is 57.7. The van der Waals surface area contributed by atoms with Gasteiger partial charge in [0, 0.05) is 97.6 Å². The van der Waals surface area contributed by atoms with E-state index in [-0.39, 0.29) is 121 Å². The van der Waals surface area contributed by atoms with Crippen molar-refractivity contribution in [1.82, 2.24) is 15.3 Å². The predicted molar refractivity (Wildman–Crippen MR) is 469 cm³/mol. The number of ether oxygens (including phenoxy) is 1. The Bertz CT molecular complexity index is 5970. The molecule has 2 amide bonds. The Kier molecular flexibility index (Phi) is 37.8. The van der Waals surface area contributed by atoms with E-state index >= 15 is 0 Å². The number of phenolic OH excluding ortho intramolecular Hbond substituents is 2. The Labute approximate surface area is 766 Å². The number of benzene rings is 11. The molecule has 2 heterocycles. The Hall–Kier alpha value is -10.0. The maximum absolute atomic E-state index is 14.8. The van der Waals surface area contributed by atoms with E-state index < -0.39 is 81.7 Å². The third-order valence-electron chi connectivity index (χ3n) is 16.2. The molecule has 13 rings (SSSR count). The van der Waals surface area contributed by atoms with Crippen LogP contribution in [-0.4, -0.2) is 104 Å². The lowest BCUT2D eigenvalue weighted by Gasteiger charge is -2.35. The molecular formula is C85H53Br5Cl7F6N5O14. The Balaban J connectivity index is 0.000000201. The van der Waals surface area contributed by atoms with Crippen molar-refractivity contribution in [3.8, 4) is 11.5 Å². The number of nitrogens with one attached hydrogen (secondary N) is 1. The lowest BCUT2D eigenvalue weighted by atomic mass is 9.93. The van der Waals surface area contributed by atoms with Crippen LogP contribution in [0.5, 0.6) is 11.5 Å². The van der Waals surface area contributed by atoms with Gasteiger partial charge in [0.2, 0.25) is 0 Å². The molecule has 0 radical (unpaired) electrons. The van der Waals surface area contributed by atoms with E-state index in [0.717, 1.165) is 45.3 Å². The number of methoxy groups -OCH3 is 1. The molecule has 0 fully saturated rings. The molecule has 0 saturated heterocycles. The summed E-state index contributed by atoms with van der Waals surface area (Å²) in [7, 11) is 1.19. The van der Waals surface area contributed by atoms with Gasteiger partial charge < -0.3 is 30.9 Å². The molecule has 122 heavy (non-hydrogen) atoms. The number of amides is 2. The average Bonchev–Trinajstić information content (AvgIpc) is 1.57. The minimum atomic E-state index is -2.01. The van der Waals surface area contributed by atoms with Gasteiger partial charge in [-0.3, -0.25) is 43.4 Å². The minimum absolute atomic E-state index is 0.00822. The van der Waals surface area contributed by atoms with E-state index in [1.165, 1.54) is 140 Å². The smallest absolute Gasteiger partial charge is 0.340 e. The zero-order valence-electron chi connectivity index (χ0n) is 61.5. The summed E-state index contributed by atoms with van der Waals surface area (Å²) in [5.74, 6) is -9.03. The summed E-state index contributed by atoms with van der Waals surface area (Å²) in [5, 5.41) is 44.8. The molecule has 1 aromatic heterocycles. The summed E-state index contributed by atoms with van der Waals surface area (Å²) in [6.07, 6.45) is 3.88. The number of phenols is 2. The Morgan fingerprint density at radius 2 is 0.852 bits per heavy atom. The minimum Gasteiger partial charge on any atom is -0.507 e. The molecule has 19 nitrogen and oxygen atoms in total. The van der Waals surface area contributed by atoms with Crippen LogP contribution < -0.4 is 11.2 Å². The van der Waals surface area contributed by atoms with Crippen molar-refractivity contribution in [2.24, 2.45) is 10.8 Å². The molecule has 11 aromatic carbocycles. The summed E-state index contributed by atoms with van der Waals surface area (Å²) in [6.45, 7) is -0.237. The van der Waals surface area contributed by atoms with Gasteiger partial charge in [-0.15, -0.1) is 0 Å². The second-order valence-corrected chi connectivity index (χ2v) is 31.9. The highest BCUT2D eigenvalue weighted by Gasteiger charge is 2.51. The molecule has 7 N–H and O–H groups in total. The first-order valence-electron chi connectivity index (χ1n) is 33.8. The molecule has 1 unspecified atom stereocenters. The van der Waals surface area contributed by atoms with Crippen LogP contribution in [0, 0.1) is 34.9 Å². The van der Waals surface area contributed by atoms with Crippen LogP contribution in [-0.2, 0) is 17.0 Å². The van der Waals surface area contributed by atoms with Crippen molar-refractivity contribution in [1.29, 1.82) is 0 Å². The number of hydrazone groups is 1. The van der Waals surface area contributed by atoms with Gasteiger partial charge in [-0.05, 0) is 206 Å². The number of halogens is 18. The highest BCUT2D eigenvalue weighted by molar-refractivity contribution is 9.11. The average molecular weight is 2130 g/mol. The predicted octanol–water partition coefficient (Wildman–Crippen LogP) is 23.2. The summed E-state index contributed by atoms with van der Waals surface area (Å²) >= 11 is 55.6. The van der Waals surface area contributed by atoms with E-state index in [9.17, 15) is 79.7 Å². The summed E-state index contributed by atoms with van der Waals surface area (Å²) in [6, 6.07) is 49.1. The number of hydrogen-bond acceptors (Lipinski definition) is 16. The number of pyridine rings is 1. The molecule has 628 valence electrons. The van der Waals surface area contributed by atoms with E-state index in [2.05, 4.69) is 99.9 Å². The third-order valence-corrected chi connectivity index (χ3v) is 20.3. The van der Waals surface area contributed by atoms with E-state index in [4.69, 9.17) is 97.2 Å². The van der Waals surface area contributed by atoms with Crippen LogP contribution in [0.2, 0.25) is 35.2 Å². The third kappa shape index (κ3) is 27.2. The number of Topliss-reactive ketones (excluding diaryl/α,β-unsaturated/α-hetero) is 1. The largest absolute Gasteiger partial charge is 0.507 e. The maximum atomic E-state index is 14.8. The number of aromatic hydroxyl groups is 2. The zero-order valence-corrected chi connectivity index (χ0v) is 74.7. The van der Waals surface area contributed by atoms with Crippen molar-refractivity contribution in [2.45, 2.75) is 12.3 Å². The number of aliphatic hydroxyl groups is 1. The highest BCUT2D eigenvalue weighted by atomic mass is 79.9. The second kappa shape index (κ2) is 46.5. The molecule has 0 saturated carbocycles. The van der Waals surface area contributed by atoms with Crippen molar-refractivity contribution < 1.29 is 94.7 Å². The number of nitrogens with two attached hydrogens (primary N) is 1. The number of aldehydes is 2. The van der Waals surface area contributed by atoms with Gasteiger partial charge in [0.25, 0.3) is 11.8 Å². The number of aromatic nitrogens is 1. The van der Waals surface area contributed by atoms with Crippen LogP contribution in [0.15, 0.2) is 246 Å². The van der Waals surface area contributed by atoms with Gasteiger partial charge in [-0.25, -0.2) is 41.4 Å². The van der Waals surface area contributed by atoms with Gasteiger partial charge in [-0.1, -0.05) is 167 Å². The van der Waals surface area contributed by atoms with Crippen molar-refractivity contribution in [2.75, 3.05) is 13.7 Å².